The van der Waals surface area contributed by atoms with Gasteiger partial charge in [0.25, 0.3) is 0 Å². The van der Waals surface area contributed by atoms with Crippen molar-refractivity contribution in [2.24, 2.45) is 0 Å². The molecular formula is C13H24N2O4S. The van der Waals surface area contributed by atoms with Gasteiger partial charge in [-0.25, -0.2) is 4.79 Å². The fourth-order valence-corrected chi connectivity index (χ4v) is 1.94. The molecule has 0 aliphatic heterocycles. The number of aliphatic carboxylic acids is 1. The number of hydrogen-bond acceptors (Lipinski definition) is 4. The van der Waals surface area contributed by atoms with Crippen molar-refractivity contribution in [3.63, 3.8) is 0 Å². The molecule has 0 saturated heterocycles. The molecule has 0 rings (SSSR count). The smallest absolute Gasteiger partial charge is 0.326 e. The van der Waals surface area contributed by atoms with Crippen molar-refractivity contribution in [2.75, 3.05) is 12.0 Å². The van der Waals surface area contributed by atoms with Crippen LogP contribution in [0.1, 0.15) is 40.0 Å². The summed E-state index contributed by atoms with van der Waals surface area (Å²) in [7, 11) is 0. The summed E-state index contributed by atoms with van der Waals surface area (Å²) in [6.07, 6.45) is 2.29. The van der Waals surface area contributed by atoms with Crippen LogP contribution < -0.4 is 10.6 Å². The molecule has 1 atom stereocenters. The van der Waals surface area contributed by atoms with E-state index < -0.39 is 17.9 Å². The van der Waals surface area contributed by atoms with Crippen LogP contribution in [0.2, 0.25) is 0 Å². The number of amides is 2. The molecule has 0 bridgehead atoms. The molecule has 0 aromatic rings. The van der Waals surface area contributed by atoms with Gasteiger partial charge in [0.2, 0.25) is 11.8 Å². The lowest BCUT2D eigenvalue weighted by atomic mass is 10.1. The SMILES string of the molecule is CSCCC(NC(=O)CCC(=O)NC(C)(C)C)C(=O)O. The summed E-state index contributed by atoms with van der Waals surface area (Å²) in [6.45, 7) is 5.57. The maximum absolute atomic E-state index is 11.6. The number of carbonyl (C=O) groups is 3. The van der Waals surface area contributed by atoms with Crippen molar-refractivity contribution >= 4 is 29.5 Å². The van der Waals surface area contributed by atoms with Crippen LogP contribution >= 0.6 is 11.8 Å². The average Bonchev–Trinajstić information content (AvgIpc) is 2.29. The summed E-state index contributed by atoms with van der Waals surface area (Å²) >= 11 is 1.52. The van der Waals surface area contributed by atoms with Gasteiger partial charge in [-0.3, -0.25) is 9.59 Å². The van der Waals surface area contributed by atoms with Crippen molar-refractivity contribution in [3.8, 4) is 0 Å². The summed E-state index contributed by atoms with van der Waals surface area (Å²) in [4.78, 5) is 34.1. The molecule has 116 valence electrons. The second-order valence-corrected chi connectivity index (χ2v) is 6.52. The summed E-state index contributed by atoms with van der Waals surface area (Å²) in [5, 5.41) is 14.2. The van der Waals surface area contributed by atoms with E-state index in [1.807, 2.05) is 27.0 Å². The molecule has 7 heteroatoms. The molecule has 0 fully saturated rings. The van der Waals surface area contributed by atoms with E-state index in [2.05, 4.69) is 10.6 Å². The van der Waals surface area contributed by atoms with Crippen LogP contribution in [0.25, 0.3) is 0 Å². The van der Waals surface area contributed by atoms with Gasteiger partial charge in [0.1, 0.15) is 6.04 Å². The summed E-state index contributed by atoms with van der Waals surface area (Å²) in [6, 6.07) is -0.888. The number of carbonyl (C=O) groups excluding carboxylic acids is 2. The highest BCUT2D eigenvalue weighted by atomic mass is 32.2. The first kappa shape index (κ1) is 18.8. The molecule has 0 aromatic heterocycles. The van der Waals surface area contributed by atoms with E-state index in [1.54, 1.807) is 0 Å². The van der Waals surface area contributed by atoms with Crippen LogP contribution in [-0.4, -0.2) is 46.5 Å². The van der Waals surface area contributed by atoms with Crippen LogP contribution in [0.15, 0.2) is 0 Å². The van der Waals surface area contributed by atoms with Crippen LogP contribution in [0.5, 0.6) is 0 Å². The van der Waals surface area contributed by atoms with Gasteiger partial charge >= 0.3 is 5.97 Å². The fourth-order valence-electron chi connectivity index (χ4n) is 1.47. The summed E-state index contributed by atoms with van der Waals surface area (Å²) < 4.78 is 0. The van der Waals surface area contributed by atoms with Crippen molar-refractivity contribution < 1.29 is 19.5 Å². The van der Waals surface area contributed by atoms with E-state index in [0.29, 0.717) is 12.2 Å². The fraction of sp³-hybridized carbons (Fsp3) is 0.769. The Labute approximate surface area is 124 Å². The highest BCUT2D eigenvalue weighted by Crippen LogP contribution is 2.03. The van der Waals surface area contributed by atoms with E-state index >= 15 is 0 Å². The van der Waals surface area contributed by atoms with Gasteiger partial charge in [0.15, 0.2) is 0 Å². The molecule has 0 heterocycles. The van der Waals surface area contributed by atoms with Gasteiger partial charge in [-0.15, -0.1) is 0 Å². The molecule has 1 unspecified atom stereocenters. The molecular weight excluding hydrogens is 280 g/mol. The number of rotatable bonds is 8. The Morgan fingerprint density at radius 2 is 1.70 bits per heavy atom. The average molecular weight is 304 g/mol. The molecule has 3 N–H and O–H groups in total. The first-order valence-electron chi connectivity index (χ1n) is 6.48. The van der Waals surface area contributed by atoms with Gasteiger partial charge in [0.05, 0.1) is 0 Å². The topological polar surface area (TPSA) is 95.5 Å². The van der Waals surface area contributed by atoms with Crippen molar-refractivity contribution in [1.82, 2.24) is 10.6 Å². The van der Waals surface area contributed by atoms with Gasteiger partial charge in [-0.05, 0) is 39.2 Å². The van der Waals surface area contributed by atoms with E-state index in [1.165, 1.54) is 11.8 Å². The standard InChI is InChI=1S/C13H24N2O4S/c1-13(2,3)15-11(17)6-5-10(16)14-9(12(18)19)7-8-20-4/h9H,5-8H2,1-4H3,(H,14,16)(H,15,17)(H,18,19). The molecule has 6 nitrogen and oxygen atoms in total. The van der Waals surface area contributed by atoms with Crippen LogP contribution in [0.4, 0.5) is 0 Å². The van der Waals surface area contributed by atoms with E-state index in [0.717, 1.165) is 0 Å². The molecule has 0 spiro atoms. The number of hydrogen-bond donors (Lipinski definition) is 3. The first-order chi connectivity index (χ1) is 9.15. The third-order valence-electron chi connectivity index (χ3n) is 2.34. The Morgan fingerprint density at radius 3 is 2.15 bits per heavy atom. The van der Waals surface area contributed by atoms with Gasteiger partial charge < -0.3 is 15.7 Å². The maximum Gasteiger partial charge on any atom is 0.326 e. The zero-order valence-electron chi connectivity index (χ0n) is 12.5. The predicted molar refractivity (Wildman–Crippen MR) is 79.7 cm³/mol. The predicted octanol–water partition coefficient (Wildman–Crippen LogP) is 1.00. The van der Waals surface area contributed by atoms with Crippen LogP contribution in [0, 0.1) is 0 Å². The van der Waals surface area contributed by atoms with Crippen molar-refractivity contribution in [3.05, 3.63) is 0 Å². The normalized spacial score (nSPS) is 12.6. The first-order valence-corrected chi connectivity index (χ1v) is 7.87. The van der Waals surface area contributed by atoms with E-state index in [4.69, 9.17) is 5.11 Å². The highest BCUT2D eigenvalue weighted by Gasteiger charge is 2.20. The second-order valence-electron chi connectivity index (χ2n) is 5.54. The molecule has 20 heavy (non-hydrogen) atoms. The lowest BCUT2D eigenvalue weighted by molar-refractivity contribution is -0.141. The Bertz CT molecular complexity index is 353. The van der Waals surface area contributed by atoms with Crippen molar-refractivity contribution in [2.45, 2.75) is 51.6 Å². The van der Waals surface area contributed by atoms with Crippen LogP contribution in [-0.2, 0) is 14.4 Å². The van der Waals surface area contributed by atoms with Crippen molar-refractivity contribution in [1.29, 1.82) is 0 Å². The Kier molecular flexibility index (Phi) is 8.29. The second kappa shape index (κ2) is 8.84. The number of thioether (sulfide) groups is 1. The lowest BCUT2D eigenvalue weighted by Gasteiger charge is -2.20. The summed E-state index contributed by atoms with van der Waals surface area (Å²) in [5.41, 5.74) is -0.338. The Hall–Kier alpha value is -1.24. The number of carboxylic acids is 1. The molecule has 0 aliphatic rings. The zero-order chi connectivity index (χ0) is 15.8. The summed E-state index contributed by atoms with van der Waals surface area (Å²) in [5.74, 6) is -1.03. The van der Waals surface area contributed by atoms with E-state index in [-0.39, 0.29) is 24.3 Å². The molecule has 0 saturated carbocycles. The molecule has 0 radical (unpaired) electrons. The Morgan fingerprint density at radius 1 is 1.15 bits per heavy atom. The molecule has 0 aromatic carbocycles. The van der Waals surface area contributed by atoms with Gasteiger partial charge in [-0.2, -0.15) is 11.8 Å². The largest absolute Gasteiger partial charge is 0.480 e. The Balaban J connectivity index is 4.14. The minimum absolute atomic E-state index is 0.00897. The third kappa shape index (κ3) is 9.66. The van der Waals surface area contributed by atoms with Crippen LogP contribution in [0.3, 0.4) is 0 Å². The highest BCUT2D eigenvalue weighted by molar-refractivity contribution is 7.98. The molecule has 0 aliphatic carbocycles. The molecule has 2 amide bonds. The zero-order valence-corrected chi connectivity index (χ0v) is 13.3. The monoisotopic (exact) mass is 304 g/mol. The lowest BCUT2D eigenvalue weighted by Crippen LogP contribution is -2.43. The minimum atomic E-state index is -1.05. The number of carboxylic acid groups (broad SMARTS) is 1. The van der Waals surface area contributed by atoms with Gasteiger partial charge in [0, 0.05) is 18.4 Å². The van der Waals surface area contributed by atoms with E-state index in [9.17, 15) is 14.4 Å². The maximum atomic E-state index is 11.6. The number of nitrogens with one attached hydrogen (secondary N) is 2. The third-order valence-corrected chi connectivity index (χ3v) is 2.98. The minimum Gasteiger partial charge on any atom is -0.480 e. The van der Waals surface area contributed by atoms with Gasteiger partial charge in [-0.1, -0.05) is 0 Å². The quantitative estimate of drug-likeness (QED) is 0.622.